The van der Waals surface area contributed by atoms with E-state index >= 15 is 0 Å². The maximum absolute atomic E-state index is 12.8. The minimum atomic E-state index is -0.294. The Morgan fingerprint density at radius 2 is 1.91 bits per heavy atom. The van der Waals surface area contributed by atoms with E-state index in [9.17, 15) is 9.65 Å². The molecule has 2 aromatic carbocycles. The van der Waals surface area contributed by atoms with E-state index < -0.39 is 0 Å². The van der Waals surface area contributed by atoms with Crippen LogP contribution in [0.15, 0.2) is 42.5 Å². The molecule has 0 fully saturated rings. The van der Waals surface area contributed by atoms with Crippen molar-refractivity contribution < 1.29 is 13.9 Å². The second-order valence-corrected chi connectivity index (χ2v) is 5.20. The van der Waals surface area contributed by atoms with Crippen LogP contribution in [0.1, 0.15) is 30.4 Å². The highest BCUT2D eigenvalue weighted by Crippen LogP contribution is 2.26. The fourth-order valence-corrected chi connectivity index (χ4v) is 2.42. The molecule has 0 aliphatic heterocycles. The van der Waals surface area contributed by atoms with Crippen LogP contribution in [0.3, 0.4) is 0 Å². The van der Waals surface area contributed by atoms with Gasteiger partial charge in [0.15, 0.2) is 0 Å². The number of rotatable bonds is 7. The van der Waals surface area contributed by atoms with Crippen molar-refractivity contribution in [3.63, 3.8) is 0 Å². The standard InChI is InChI=1S/C19H20FNO2/c1-3-14-12-15(4-9-19(14)22-2)16(13-21)10-11-23-18-7-5-17(20)6-8-18/h4-9,12,16H,3,10-11H2,1-2H3. The van der Waals surface area contributed by atoms with Crippen LogP contribution in [0, 0.1) is 17.1 Å². The Bertz CT molecular complexity index is 677. The normalized spacial score (nSPS) is 11.6. The van der Waals surface area contributed by atoms with Crippen molar-refractivity contribution in [1.82, 2.24) is 0 Å². The third kappa shape index (κ3) is 4.46. The van der Waals surface area contributed by atoms with Crippen molar-refractivity contribution in [2.45, 2.75) is 25.7 Å². The zero-order valence-corrected chi connectivity index (χ0v) is 13.4. The first-order valence-electron chi connectivity index (χ1n) is 7.62. The van der Waals surface area contributed by atoms with E-state index in [1.54, 1.807) is 19.2 Å². The first-order valence-corrected chi connectivity index (χ1v) is 7.62. The molecule has 1 atom stereocenters. The summed E-state index contributed by atoms with van der Waals surface area (Å²) in [5, 5.41) is 9.42. The SMILES string of the molecule is CCc1cc(C(C#N)CCOc2ccc(F)cc2)ccc1OC. The molecule has 23 heavy (non-hydrogen) atoms. The lowest BCUT2D eigenvalue weighted by Crippen LogP contribution is -2.05. The first-order chi connectivity index (χ1) is 11.2. The van der Waals surface area contributed by atoms with Gasteiger partial charge in [-0.05, 0) is 47.9 Å². The van der Waals surface area contributed by atoms with E-state index in [1.165, 1.54) is 12.1 Å². The third-order valence-corrected chi connectivity index (χ3v) is 3.73. The molecule has 2 aromatic rings. The number of nitrogens with zero attached hydrogens (tertiary/aromatic N) is 1. The third-order valence-electron chi connectivity index (χ3n) is 3.73. The first kappa shape index (κ1) is 16.8. The predicted molar refractivity (Wildman–Crippen MR) is 87.2 cm³/mol. The fourth-order valence-electron chi connectivity index (χ4n) is 2.42. The lowest BCUT2D eigenvalue weighted by atomic mass is 9.95. The van der Waals surface area contributed by atoms with Gasteiger partial charge in [-0.1, -0.05) is 19.1 Å². The lowest BCUT2D eigenvalue weighted by Gasteiger charge is -2.14. The summed E-state index contributed by atoms with van der Waals surface area (Å²) in [5.74, 6) is 0.909. The molecule has 0 bridgehead atoms. The molecule has 4 heteroatoms. The molecule has 0 saturated heterocycles. The summed E-state index contributed by atoms with van der Waals surface area (Å²) in [5.41, 5.74) is 2.05. The van der Waals surface area contributed by atoms with Gasteiger partial charge in [-0.25, -0.2) is 4.39 Å². The van der Waals surface area contributed by atoms with Gasteiger partial charge in [-0.3, -0.25) is 0 Å². The largest absolute Gasteiger partial charge is 0.496 e. The summed E-state index contributed by atoms with van der Waals surface area (Å²) in [6, 6.07) is 14.0. The lowest BCUT2D eigenvalue weighted by molar-refractivity contribution is 0.305. The van der Waals surface area contributed by atoms with Crippen LogP contribution >= 0.6 is 0 Å². The average Bonchev–Trinajstić information content (AvgIpc) is 2.59. The summed E-state index contributed by atoms with van der Waals surface area (Å²) in [7, 11) is 1.65. The number of benzene rings is 2. The van der Waals surface area contributed by atoms with Gasteiger partial charge in [0.1, 0.15) is 17.3 Å². The van der Waals surface area contributed by atoms with Gasteiger partial charge in [0.05, 0.1) is 25.7 Å². The molecule has 0 aliphatic rings. The van der Waals surface area contributed by atoms with Gasteiger partial charge in [0, 0.05) is 6.42 Å². The van der Waals surface area contributed by atoms with Gasteiger partial charge < -0.3 is 9.47 Å². The monoisotopic (exact) mass is 313 g/mol. The molecule has 0 N–H and O–H groups in total. The highest BCUT2D eigenvalue weighted by Gasteiger charge is 2.13. The van der Waals surface area contributed by atoms with Gasteiger partial charge in [-0.2, -0.15) is 5.26 Å². The Balaban J connectivity index is 2.00. The van der Waals surface area contributed by atoms with Crippen molar-refractivity contribution in [1.29, 1.82) is 5.26 Å². The van der Waals surface area contributed by atoms with Gasteiger partial charge >= 0.3 is 0 Å². The fraction of sp³-hybridized carbons (Fsp3) is 0.316. The second kappa shape index (κ2) is 8.19. The quantitative estimate of drug-likeness (QED) is 0.757. The topological polar surface area (TPSA) is 42.2 Å². The number of nitriles is 1. The summed E-state index contributed by atoms with van der Waals surface area (Å²) in [6.45, 7) is 2.46. The Hall–Kier alpha value is -2.54. The summed E-state index contributed by atoms with van der Waals surface area (Å²) in [6.07, 6.45) is 1.42. The van der Waals surface area contributed by atoms with Gasteiger partial charge in [0.2, 0.25) is 0 Å². The number of methoxy groups -OCH3 is 1. The zero-order valence-electron chi connectivity index (χ0n) is 13.4. The molecule has 2 rings (SSSR count). The van der Waals surface area contributed by atoms with E-state index in [4.69, 9.17) is 9.47 Å². The van der Waals surface area contributed by atoms with Crippen LogP contribution in [0.5, 0.6) is 11.5 Å². The Labute approximate surface area is 136 Å². The Kier molecular flexibility index (Phi) is 5.99. The molecular formula is C19H20FNO2. The Morgan fingerprint density at radius 1 is 1.17 bits per heavy atom. The minimum absolute atomic E-state index is 0.244. The van der Waals surface area contributed by atoms with Crippen LogP contribution in [0.2, 0.25) is 0 Å². The summed E-state index contributed by atoms with van der Waals surface area (Å²) >= 11 is 0. The highest BCUT2D eigenvalue weighted by atomic mass is 19.1. The molecule has 0 aromatic heterocycles. The van der Waals surface area contributed by atoms with Crippen molar-refractivity contribution in [2.75, 3.05) is 13.7 Å². The maximum Gasteiger partial charge on any atom is 0.123 e. The molecule has 0 radical (unpaired) electrons. The summed E-state index contributed by atoms with van der Waals surface area (Å²) < 4.78 is 23.7. The van der Waals surface area contributed by atoms with Crippen LogP contribution in [-0.4, -0.2) is 13.7 Å². The van der Waals surface area contributed by atoms with Gasteiger partial charge in [0.25, 0.3) is 0 Å². The zero-order chi connectivity index (χ0) is 16.7. The van der Waals surface area contributed by atoms with E-state index in [1.807, 2.05) is 18.2 Å². The molecule has 1 unspecified atom stereocenters. The van der Waals surface area contributed by atoms with Crippen molar-refractivity contribution in [2.24, 2.45) is 0 Å². The van der Waals surface area contributed by atoms with Crippen molar-refractivity contribution in [3.05, 3.63) is 59.4 Å². The number of ether oxygens (including phenoxy) is 2. The number of halogens is 1. The van der Waals surface area contributed by atoms with Crippen LogP contribution in [0.25, 0.3) is 0 Å². The molecule has 0 spiro atoms. The minimum Gasteiger partial charge on any atom is -0.496 e. The average molecular weight is 313 g/mol. The molecule has 0 heterocycles. The molecule has 3 nitrogen and oxygen atoms in total. The van der Waals surface area contributed by atoms with Crippen molar-refractivity contribution in [3.8, 4) is 17.6 Å². The summed E-state index contributed by atoms with van der Waals surface area (Å²) in [4.78, 5) is 0. The van der Waals surface area contributed by atoms with Crippen LogP contribution < -0.4 is 9.47 Å². The van der Waals surface area contributed by atoms with E-state index in [0.29, 0.717) is 18.8 Å². The second-order valence-electron chi connectivity index (χ2n) is 5.20. The van der Waals surface area contributed by atoms with Crippen LogP contribution in [-0.2, 0) is 6.42 Å². The Morgan fingerprint density at radius 3 is 2.52 bits per heavy atom. The number of aryl methyl sites for hydroxylation is 1. The smallest absolute Gasteiger partial charge is 0.123 e. The maximum atomic E-state index is 12.8. The number of hydrogen-bond acceptors (Lipinski definition) is 3. The highest BCUT2D eigenvalue weighted by molar-refractivity contribution is 5.40. The molecule has 0 aliphatic carbocycles. The van der Waals surface area contributed by atoms with E-state index in [-0.39, 0.29) is 11.7 Å². The van der Waals surface area contributed by atoms with Crippen molar-refractivity contribution >= 4 is 0 Å². The molecule has 0 saturated carbocycles. The predicted octanol–water partition coefficient (Wildman–Crippen LogP) is 4.47. The molecular weight excluding hydrogens is 293 g/mol. The van der Waals surface area contributed by atoms with E-state index in [2.05, 4.69) is 13.0 Å². The molecule has 0 amide bonds. The number of hydrogen-bond donors (Lipinski definition) is 0. The molecule has 120 valence electrons. The van der Waals surface area contributed by atoms with Gasteiger partial charge in [-0.15, -0.1) is 0 Å². The van der Waals surface area contributed by atoms with Crippen LogP contribution in [0.4, 0.5) is 4.39 Å². The van der Waals surface area contributed by atoms with E-state index in [0.717, 1.165) is 23.3 Å².